The van der Waals surface area contributed by atoms with Crippen molar-refractivity contribution in [2.45, 2.75) is 20.6 Å². The highest BCUT2D eigenvalue weighted by Crippen LogP contribution is 2.33. The molecule has 0 fully saturated rings. The Morgan fingerprint density at radius 2 is 2.00 bits per heavy atom. The summed E-state index contributed by atoms with van der Waals surface area (Å²) in [6.45, 7) is 3.50. The van der Waals surface area contributed by atoms with Gasteiger partial charge in [-0.15, -0.1) is 11.3 Å². The second kappa shape index (κ2) is 9.19. The van der Waals surface area contributed by atoms with Crippen LogP contribution in [-0.2, 0) is 11.5 Å². The quantitative estimate of drug-likeness (QED) is 0.518. The number of nitrogens with zero attached hydrogens (tertiary/aromatic N) is 2. The first-order valence-corrected chi connectivity index (χ1v) is 10.2. The Balaban J connectivity index is 1.75. The maximum Gasteiger partial charge on any atom is 0.341 e. The lowest BCUT2D eigenvalue weighted by Crippen LogP contribution is -2.16. The number of nitrogens with one attached hydrogen (secondary N) is 1. The summed E-state index contributed by atoms with van der Waals surface area (Å²) in [5, 5.41) is 7.55. The number of aryl methyl sites for hydroxylation is 1. The first-order valence-electron chi connectivity index (χ1n) is 8.96. The molecule has 0 spiro atoms. The number of halogens is 1. The smallest absolute Gasteiger partial charge is 0.341 e. The SMILES string of the molecule is COC(=O)c1c(NC(=O)c2ccn(COc3ccc(Cl)cc3C)n2)sc(C(N)=O)c1C. The number of hydrogen-bond acceptors (Lipinski definition) is 7. The highest BCUT2D eigenvalue weighted by Gasteiger charge is 2.26. The first-order chi connectivity index (χ1) is 14.7. The van der Waals surface area contributed by atoms with E-state index in [0.717, 1.165) is 16.9 Å². The van der Waals surface area contributed by atoms with Gasteiger partial charge in [-0.3, -0.25) is 9.59 Å². The van der Waals surface area contributed by atoms with Crippen molar-refractivity contribution < 1.29 is 23.9 Å². The monoisotopic (exact) mass is 462 g/mol. The van der Waals surface area contributed by atoms with E-state index < -0.39 is 17.8 Å². The fourth-order valence-electron chi connectivity index (χ4n) is 2.82. The predicted octanol–water partition coefficient (Wildman–Crippen LogP) is 3.39. The van der Waals surface area contributed by atoms with E-state index in [1.807, 2.05) is 6.92 Å². The van der Waals surface area contributed by atoms with Gasteiger partial charge in [0.1, 0.15) is 10.8 Å². The van der Waals surface area contributed by atoms with Crippen molar-refractivity contribution in [3.63, 3.8) is 0 Å². The molecule has 0 unspecified atom stereocenters. The molecule has 31 heavy (non-hydrogen) atoms. The van der Waals surface area contributed by atoms with E-state index in [9.17, 15) is 14.4 Å². The van der Waals surface area contributed by atoms with E-state index in [1.54, 1.807) is 31.3 Å². The number of anilines is 1. The summed E-state index contributed by atoms with van der Waals surface area (Å²) in [7, 11) is 1.21. The van der Waals surface area contributed by atoms with Gasteiger partial charge in [0.25, 0.3) is 11.8 Å². The third-order valence-electron chi connectivity index (χ3n) is 4.35. The number of primary amides is 1. The average Bonchev–Trinajstić information content (AvgIpc) is 3.31. The highest BCUT2D eigenvalue weighted by molar-refractivity contribution is 7.18. The minimum atomic E-state index is -0.702. The molecule has 3 rings (SSSR count). The number of benzene rings is 1. The van der Waals surface area contributed by atoms with E-state index >= 15 is 0 Å². The number of hydrogen-bond donors (Lipinski definition) is 2. The van der Waals surface area contributed by atoms with E-state index in [1.165, 1.54) is 17.9 Å². The van der Waals surface area contributed by atoms with Gasteiger partial charge in [-0.05, 0) is 49.2 Å². The lowest BCUT2D eigenvalue weighted by molar-refractivity contribution is 0.0601. The fourth-order valence-corrected chi connectivity index (χ4v) is 4.09. The zero-order valence-corrected chi connectivity index (χ0v) is 18.5. The van der Waals surface area contributed by atoms with E-state index in [2.05, 4.69) is 10.4 Å². The Kier molecular flexibility index (Phi) is 6.62. The van der Waals surface area contributed by atoms with Crippen molar-refractivity contribution in [2.75, 3.05) is 12.4 Å². The third-order valence-corrected chi connectivity index (χ3v) is 5.81. The minimum absolute atomic E-state index is 0.0765. The van der Waals surface area contributed by atoms with Crippen molar-refractivity contribution in [1.82, 2.24) is 9.78 Å². The summed E-state index contributed by atoms with van der Waals surface area (Å²) < 4.78 is 11.9. The van der Waals surface area contributed by atoms with Crippen LogP contribution in [0.2, 0.25) is 5.02 Å². The Morgan fingerprint density at radius 1 is 1.26 bits per heavy atom. The third kappa shape index (κ3) is 4.86. The molecule has 0 saturated carbocycles. The van der Waals surface area contributed by atoms with Gasteiger partial charge in [-0.25, -0.2) is 9.48 Å². The number of rotatable bonds is 7. The van der Waals surface area contributed by atoms with Gasteiger partial charge in [0.05, 0.1) is 17.6 Å². The van der Waals surface area contributed by atoms with Crippen LogP contribution in [0, 0.1) is 13.8 Å². The van der Waals surface area contributed by atoms with E-state index in [0.29, 0.717) is 16.3 Å². The molecule has 0 saturated heterocycles. The zero-order chi connectivity index (χ0) is 22.7. The number of carbonyl (C=O) groups excluding carboxylic acids is 3. The van der Waals surface area contributed by atoms with Gasteiger partial charge in [0, 0.05) is 11.2 Å². The van der Waals surface area contributed by atoms with Crippen molar-refractivity contribution in [2.24, 2.45) is 5.73 Å². The van der Waals surface area contributed by atoms with Gasteiger partial charge < -0.3 is 20.5 Å². The molecule has 2 amide bonds. The fraction of sp³-hybridized carbons (Fsp3) is 0.200. The Hall–Kier alpha value is -3.37. The molecule has 162 valence electrons. The zero-order valence-electron chi connectivity index (χ0n) is 16.9. The molecule has 3 N–H and O–H groups in total. The molecular formula is C20H19ClN4O5S. The summed E-state index contributed by atoms with van der Waals surface area (Å²) in [5.41, 5.74) is 6.74. The van der Waals surface area contributed by atoms with Gasteiger partial charge in [-0.2, -0.15) is 5.10 Å². The standard InChI is InChI=1S/C20H19ClN4O5S/c1-10-8-12(21)4-5-14(10)30-9-25-7-6-13(24-25)18(27)23-19-15(20(28)29-3)11(2)16(31-19)17(22)26/h4-8H,9H2,1-3H3,(H2,22,26)(H,23,27). The minimum Gasteiger partial charge on any atom is -0.471 e. The molecular weight excluding hydrogens is 444 g/mol. The molecule has 11 heteroatoms. The lowest BCUT2D eigenvalue weighted by Gasteiger charge is -2.09. The number of nitrogens with two attached hydrogens (primary N) is 1. The number of carbonyl (C=O) groups is 3. The van der Waals surface area contributed by atoms with Gasteiger partial charge in [0.2, 0.25) is 0 Å². The molecule has 0 bridgehead atoms. The number of methoxy groups -OCH3 is 1. The summed E-state index contributed by atoms with van der Waals surface area (Å²) in [5.74, 6) is -1.31. The van der Waals surface area contributed by atoms with Crippen LogP contribution < -0.4 is 15.8 Å². The van der Waals surface area contributed by atoms with Crippen LogP contribution >= 0.6 is 22.9 Å². The number of thiophene rings is 1. The Labute approximate surface area is 186 Å². The van der Waals surface area contributed by atoms with E-state index in [-0.39, 0.29) is 27.9 Å². The van der Waals surface area contributed by atoms with Crippen molar-refractivity contribution in [3.8, 4) is 5.75 Å². The molecule has 0 atom stereocenters. The molecule has 1 aromatic carbocycles. The van der Waals surface area contributed by atoms with Gasteiger partial charge >= 0.3 is 5.97 Å². The average molecular weight is 463 g/mol. The number of ether oxygens (including phenoxy) is 2. The van der Waals surface area contributed by atoms with Crippen molar-refractivity contribution in [1.29, 1.82) is 0 Å². The topological polar surface area (TPSA) is 126 Å². The summed E-state index contributed by atoms with van der Waals surface area (Å²) in [4.78, 5) is 36.5. The molecule has 2 heterocycles. The molecule has 9 nitrogen and oxygen atoms in total. The first kappa shape index (κ1) is 22.3. The molecule has 0 aliphatic carbocycles. The second-order valence-electron chi connectivity index (χ2n) is 6.49. The maximum absolute atomic E-state index is 12.6. The summed E-state index contributed by atoms with van der Waals surface area (Å²) in [6, 6.07) is 6.74. The number of aromatic nitrogens is 2. The van der Waals surface area contributed by atoms with E-state index in [4.69, 9.17) is 26.8 Å². The molecule has 2 aromatic heterocycles. The summed E-state index contributed by atoms with van der Waals surface area (Å²) in [6.07, 6.45) is 1.58. The molecule has 3 aromatic rings. The van der Waals surface area contributed by atoms with Crippen molar-refractivity contribution in [3.05, 3.63) is 62.7 Å². The largest absolute Gasteiger partial charge is 0.471 e. The lowest BCUT2D eigenvalue weighted by atomic mass is 10.1. The van der Waals surface area contributed by atoms with Crippen LogP contribution in [0.25, 0.3) is 0 Å². The Morgan fingerprint density at radius 3 is 2.65 bits per heavy atom. The maximum atomic E-state index is 12.6. The van der Waals surface area contributed by atoms with Gasteiger partial charge in [-0.1, -0.05) is 11.6 Å². The van der Waals surface area contributed by atoms with Crippen LogP contribution in [0.4, 0.5) is 5.00 Å². The van der Waals surface area contributed by atoms with Crippen LogP contribution in [0.15, 0.2) is 30.5 Å². The van der Waals surface area contributed by atoms with Crippen LogP contribution in [-0.4, -0.2) is 34.7 Å². The number of amides is 2. The second-order valence-corrected chi connectivity index (χ2v) is 7.95. The van der Waals surface area contributed by atoms with Crippen molar-refractivity contribution >= 4 is 45.7 Å². The molecule has 0 aliphatic heterocycles. The summed E-state index contributed by atoms with van der Waals surface area (Å²) >= 11 is 6.84. The number of esters is 1. The normalized spacial score (nSPS) is 10.6. The van der Waals surface area contributed by atoms with Gasteiger partial charge in [0.15, 0.2) is 12.4 Å². The van der Waals surface area contributed by atoms with Crippen LogP contribution in [0.3, 0.4) is 0 Å². The highest BCUT2D eigenvalue weighted by atomic mass is 35.5. The Bertz CT molecular complexity index is 1170. The van der Waals surface area contributed by atoms with Crippen LogP contribution in [0.5, 0.6) is 5.75 Å². The molecule has 0 aliphatic rings. The molecule has 0 radical (unpaired) electrons. The van der Waals surface area contributed by atoms with Crippen LogP contribution in [0.1, 0.15) is 41.6 Å². The predicted molar refractivity (Wildman–Crippen MR) is 116 cm³/mol.